The van der Waals surface area contributed by atoms with Crippen molar-refractivity contribution in [3.8, 4) is 0 Å². The second-order valence-electron chi connectivity index (χ2n) is 4.94. The zero-order chi connectivity index (χ0) is 11.3. The summed E-state index contributed by atoms with van der Waals surface area (Å²) >= 11 is 0. The van der Waals surface area contributed by atoms with Gasteiger partial charge in [0.15, 0.2) is 5.72 Å². The van der Waals surface area contributed by atoms with Gasteiger partial charge in [0.1, 0.15) is 6.23 Å². The number of rotatable bonds is 4. The van der Waals surface area contributed by atoms with Crippen molar-refractivity contribution in [3.05, 3.63) is 35.9 Å². The fraction of sp³-hybridized carbons (Fsp3) is 0.538. The summed E-state index contributed by atoms with van der Waals surface area (Å²) in [5, 5.41) is 3.30. The number of ether oxygens (including phenoxy) is 3. The molecule has 4 heteroatoms. The molecule has 3 fully saturated rings. The predicted molar refractivity (Wildman–Crippen MR) is 60.1 cm³/mol. The van der Waals surface area contributed by atoms with E-state index in [-0.39, 0.29) is 12.0 Å². The minimum absolute atomic E-state index is 0.211. The summed E-state index contributed by atoms with van der Waals surface area (Å²) in [5.41, 5.74) is 0.932. The van der Waals surface area contributed by atoms with Gasteiger partial charge in [-0.05, 0) is 5.56 Å². The Morgan fingerprint density at radius 2 is 2.24 bits per heavy atom. The zero-order valence-electron chi connectivity index (χ0n) is 9.46. The summed E-state index contributed by atoms with van der Waals surface area (Å²) in [6.07, 6.45) is 0.504. The summed E-state index contributed by atoms with van der Waals surface area (Å²) < 4.78 is 17.1. The van der Waals surface area contributed by atoms with Gasteiger partial charge < -0.3 is 14.2 Å². The quantitative estimate of drug-likeness (QED) is 0.838. The highest BCUT2D eigenvalue weighted by Crippen LogP contribution is 2.51. The van der Waals surface area contributed by atoms with Crippen LogP contribution in [0.5, 0.6) is 0 Å². The Hall–Kier alpha value is -0.940. The van der Waals surface area contributed by atoms with Crippen molar-refractivity contribution in [3.63, 3.8) is 0 Å². The Morgan fingerprint density at radius 1 is 1.35 bits per heavy atom. The monoisotopic (exact) mass is 233 g/mol. The van der Waals surface area contributed by atoms with Crippen LogP contribution in [0.3, 0.4) is 0 Å². The van der Waals surface area contributed by atoms with E-state index in [4.69, 9.17) is 14.2 Å². The van der Waals surface area contributed by atoms with Crippen molar-refractivity contribution in [2.24, 2.45) is 5.92 Å². The van der Waals surface area contributed by atoms with E-state index < -0.39 is 0 Å². The summed E-state index contributed by atoms with van der Waals surface area (Å²) in [5.74, 6) is 0.498. The molecule has 3 unspecified atom stereocenters. The molecule has 90 valence electrons. The van der Waals surface area contributed by atoms with Crippen molar-refractivity contribution in [1.29, 1.82) is 0 Å². The molecule has 0 radical (unpaired) electrons. The van der Waals surface area contributed by atoms with Crippen LogP contribution in [0.1, 0.15) is 5.56 Å². The Bertz CT molecular complexity index is 420. The van der Waals surface area contributed by atoms with Crippen LogP contribution in [0.25, 0.3) is 0 Å². The smallest absolute Gasteiger partial charge is 0.154 e. The van der Waals surface area contributed by atoms with Crippen LogP contribution in [-0.2, 0) is 20.8 Å². The molecular formula is C13H15NO3. The standard InChI is InChI=1S/C13H15NO3/c1-2-4-9(5-3-1)6-15-8-13-11-10(7-16-13)17-12(11)14-13/h1-5,10-12,14H,6-8H2/t10?,11?,12?,13-/m1/s1. The van der Waals surface area contributed by atoms with E-state index in [0.717, 1.165) is 0 Å². The fourth-order valence-electron chi connectivity index (χ4n) is 2.96. The van der Waals surface area contributed by atoms with Crippen molar-refractivity contribution in [1.82, 2.24) is 5.32 Å². The number of benzene rings is 1. The maximum absolute atomic E-state index is 5.77. The minimum Gasteiger partial charge on any atom is -0.372 e. The van der Waals surface area contributed by atoms with Gasteiger partial charge in [-0.2, -0.15) is 0 Å². The molecule has 4 nitrogen and oxygen atoms in total. The van der Waals surface area contributed by atoms with E-state index in [1.807, 2.05) is 18.2 Å². The van der Waals surface area contributed by atoms with Gasteiger partial charge in [0.2, 0.25) is 0 Å². The highest BCUT2D eigenvalue weighted by molar-refractivity contribution is 5.15. The van der Waals surface area contributed by atoms with Crippen molar-refractivity contribution < 1.29 is 14.2 Å². The molecular weight excluding hydrogens is 218 g/mol. The Labute approximate surface area is 99.9 Å². The molecule has 3 aliphatic rings. The maximum Gasteiger partial charge on any atom is 0.154 e. The third-order valence-electron chi connectivity index (χ3n) is 3.91. The molecule has 3 aliphatic heterocycles. The van der Waals surface area contributed by atoms with Crippen LogP contribution in [0.2, 0.25) is 0 Å². The van der Waals surface area contributed by atoms with E-state index in [0.29, 0.717) is 31.8 Å². The predicted octanol–water partition coefficient (Wildman–Crippen LogP) is 0.874. The van der Waals surface area contributed by atoms with Gasteiger partial charge >= 0.3 is 0 Å². The van der Waals surface area contributed by atoms with E-state index in [1.165, 1.54) is 5.56 Å². The summed E-state index contributed by atoms with van der Waals surface area (Å²) in [7, 11) is 0. The van der Waals surface area contributed by atoms with E-state index >= 15 is 0 Å². The zero-order valence-corrected chi connectivity index (χ0v) is 9.46. The first-order valence-electron chi connectivity index (χ1n) is 6.06. The highest BCUT2D eigenvalue weighted by atomic mass is 16.6. The van der Waals surface area contributed by atoms with Gasteiger partial charge in [-0.15, -0.1) is 0 Å². The lowest BCUT2D eigenvalue weighted by molar-refractivity contribution is -0.305. The average molecular weight is 233 g/mol. The van der Waals surface area contributed by atoms with Crippen LogP contribution >= 0.6 is 0 Å². The molecule has 1 N–H and O–H groups in total. The van der Waals surface area contributed by atoms with Crippen LogP contribution in [0.4, 0.5) is 0 Å². The van der Waals surface area contributed by atoms with Gasteiger partial charge in [0.05, 0.1) is 31.8 Å². The lowest BCUT2D eigenvalue weighted by atomic mass is 9.79. The normalized spacial score (nSPS) is 41.5. The van der Waals surface area contributed by atoms with Crippen LogP contribution < -0.4 is 5.32 Å². The number of hydrogen-bond acceptors (Lipinski definition) is 4. The Balaban J connectivity index is 1.34. The molecule has 0 spiro atoms. The van der Waals surface area contributed by atoms with Gasteiger partial charge in [-0.1, -0.05) is 30.3 Å². The lowest BCUT2D eigenvalue weighted by Gasteiger charge is -2.58. The largest absolute Gasteiger partial charge is 0.372 e. The molecule has 3 heterocycles. The molecule has 0 aromatic heterocycles. The van der Waals surface area contributed by atoms with Crippen molar-refractivity contribution >= 4 is 0 Å². The molecule has 0 aliphatic carbocycles. The van der Waals surface area contributed by atoms with Crippen LogP contribution in [-0.4, -0.2) is 31.3 Å². The molecule has 17 heavy (non-hydrogen) atoms. The lowest BCUT2D eigenvalue weighted by Crippen LogP contribution is -2.80. The topological polar surface area (TPSA) is 39.7 Å². The molecule has 4 atom stereocenters. The first-order valence-corrected chi connectivity index (χ1v) is 6.06. The van der Waals surface area contributed by atoms with Crippen LogP contribution in [0, 0.1) is 5.92 Å². The minimum atomic E-state index is -0.262. The number of hydrogen-bond donors (Lipinski definition) is 1. The third kappa shape index (κ3) is 1.39. The molecule has 0 amide bonds. The molecule has 1 aromatic rings. The van der Waals surface area contributed by atoms with E-state index in [2.05, 4.69) is 17.4 Å². The maximum atomic E-state index is 5.77. The summed E-state index contributed by atoms with van der Waals surface area (Å²) in [6.45, 7) is 1.93. The fourth-order valence-corrected chi connectivity index (χ4v) is 2.96. The Morgan fingerprint density at radius 3 is 3.06 bits per heavy atom. The Kier molecular flexibility index (Phi) is 2.08. The molecule has 3 saturated heterocycles. The molecule has 1 aromatic carbocycles. The molecule has 0 saturated carbocycles. The second kappa shape index (κ2) is 3.53. The first kappa shape index (κ1) is 10.0. The SMILES string of the molecule is c1ccc(COC[C@@]23NC4OC(CO2)C43)cc1. The van der Waals surface area contributed by atoms with Gasteiger partial charge in [-0.3, -0.25) is 5.32 Å². The summed E-state index contributed by atoms with van der Waals surface area (Å²) in [4.78, 5) is 0. The average Bonchev–Trinajstić information content (AvgIpc) is 2.48. The highest BCUT2D eigenvalue weighted by Gasteiger charge is 2.70. The molecule has 4 rings (SSSR count). The third-order valence-corrected chi connectivity index (χ3v) is 3.91. The van der Waals surface area contributed by atoms with E-state index in [1.54, 1.807) is 0 Å². The van der Waals surface area contributed by atoms with Gasteiger partial charge in [0.25, 0.3) is 0 Å². The second-order valence-corrected chi connectivity index (χ2v) is 4.94. The first-order chi connectivity index (χ1) is 8.37. The summed E-state index contributed by atoms with van der Waals surface area (Å²) in [6, 6.07) is 10.2. The van der Waals surface area contributed by atoms with Crippen molar-refractivity contribution in [2.45, 2.75) is 24.7 Å². The van der Waals surface area contributed by atoms with Gasteiger partial charge in [-0.25, -0.2) is 0 Å². The van der Waals surface area contributed by atoms with Crippen LogP contribution in [0.15, 0.2) is 30.3 Å². The van der Waals surface area contributed by atoms with E-state index in [9.17, 15) is 0 Å². The van der Waals surface area contributed by atoms with Gasteiger partial charge in [0, 0.05) is 0 Å². The molecule has 0 bridgehead atoms. The van der Waals surface area contributed by atoms with Crippen molar-refractivity contribution in [2.75, 3.05) is 13.2 Å². The number of nitrogens with one attached hydrogen (secondary N) is 1.